The Balaban J connectivity index is 0.00000196. The van der Waals surface area contributed by atoms with Gasteiger partial charge in [-0.15, -0.1) is 6.07 Å². The van der Waals surface area contributed by atoms with Gasteiger partial charge in [-0.3, -0.25) is 29.8 Å². The van der Waals surface area contributed by atoms with E-state index in [9.17, 15) is 4.79 Å². The van der Waals surface area contributed by atoms with Gasteiger partial charge in [0.15, 0.2) is 0 Å². The Hall–Kier alpha value is -0.996. The predicted octanol–water partition coefficient (Wildman–Crippen LogP) is 1.45. The van der Waals surface area contributed by atoms with E-state index in [0.29, 0.717) is 5.69 Å². The second-order valence-electron chi connectivity index (χ2n) is 2.72. The molecule has 5 heteroatoms. The Morgan fingerprint density at radius 2 is 2.07 bits per heavy atom. The molecule has 0 spiro atoms. The van der Waals surface area contributed by atoms with Crippen molar-refractivity contribution in [2.75, 3.05) is 5.32 Å². The summed E-state index contributed by atoms with van der Waals surface area (Å²) in [6.45, 7) is 7.47. The van der Waals surface area contributed by atoms with Crippen molar-refractivity contribution in [3.05, 3.63) is 43.2 Å². The number of hydrogen-bond donors (Lipinski definition) is 2. The van der Waals surface area contributed by atoms with Crippen LogP contribution in [-0.4, -0.2) is 17.3 Å². The summed E-state index contributed by atoms with van der Waals surface area (Å²) >= 11 is 0. The fourth-order valence-corrected chi connectivity index (χ4v) is 0.931. The summed E-state index contributed by atoms with van der Waals surface area (Å²) in [5.74, 6) is -0.497. The van der Waals surface area contributed by atoms with Crippen LogP contribution in [0.4, 0.5) is 5.69 Å². The second kappa shape index (κ2) is 6.48. The van der Waals surface area contributed by atoms with Crippen LogP contribution in [-0.2, 0) is 37.5 Å². The zero-order chi connectivity index (χ0) is 10.6. The number of carbonyl (C=O) groups excluding carboxylic acids is 1. The first-order chi connectivity index (χ1) is 6.63. The van der Waals surface area contributed by atoms with Crippen LogP contribution in [0.25, 0.3) is 0 Å². The van der Waals surface area contributed by atoms with Crippen molar-refractivity contribution in [3.63, 3.8) is 0 Å². The van der Waals surface area contributed by atoms with Crippen molar-refractivity contribution in [3.8, 4) is 0 Å². The smallest absolute Gasteiger partial charge is 0.269 e. The quantitative estimate of drug-likeness (QED) is 0.372. The molecule has 0 saturated carbocycles. The largest absolute Gasteiger partial charge is 0.411 e. The van der Waals surface area contributed by atoms with Crippen molar-refractivity contribution in [2.24, 2.45) is 5.16 Å². The van der Waals surface area contributed by atoms with Crippen LogP contribution in [0.5, 0.6) is 0 Å². The van der Waals surface area contributed by atoms with Crippen LogP contribution in [0.1, 0.15) is 11.1 Å². The summed E-state index contributed by atoms with van der Waals surface area (Å²) in [6, 6.07) is 5.12. The average Bonchev–Trinajstić information content (AvgIpc) is 2.12. The molecule has 0 heterocycles. The summed E-state index contributed by atoms with van der Waals surface area (Å²) in [5, 5.41) is 13.2. The maximum absolute atomic E-state index is 11.0. The molecule has 1 aromatic rings. The van der Waals surface area contributed by atoms with Crippen LogP contribution >= 0.6 is 0 Å². The van der Waals surface area contributed by atoms with Gasteiger partial charge in [0.25, 0.3) is 5.91 Å². The van der Waals surface area contributed by atoms with Gasteiger partial charge in [-0.25, -0.2) is 6.07 Å². The predicted molar refractivity (Wildman–Crippen MR) is 54.3 cm³/mol. The molecule has 0 bridgehead atoms. The number of nitrogens with zero attached hydrogens (tertiary/aromatic N) is 1. The molecule has 15 heavy (non-hydrogen) atoms. The van der Waals surface area contributed by atoms with Crippen LogP contribution in [0.15, 0.2) is 23.4 Å². The molecule has 1 aromatic carbocycles. The molecule has 0 aromatic heterocycles. The summed E-state index contributed by atoms with van der Waals surface area (Å²) in [7, 11) is 0. The molecule has 0 atom stereocenters. The van der Waals surface area contributed by atoms with E-state index >= 15 is 0 Å². The minimum Gasteiger partial charge on any atom is -0.411 e. The molecule has 1 amide bonds. The number of benzene rings is 1. The third kappa shape index (κ3) is 4.36. The molecule has 4 nitrogen and oxygen atoms in total. The van der Waals surface area contributed by atoms with Gasteiger partial charge < -0.3 is 10.5 Å². The summed E-state index contributed by atoms with van der Waals surface area (Å²) in [5.41, 5.74) is 2.13. The van der Waals surface area contributed by atoms with Crippen molar-refractivity contribution < 1.29 is 42.7 Å². The van der Waals surface area contributed by atoms with Crippen molar-refractivity contribution in [1.82, 2.24) is 0 Å². The second-order valence-corrected chi connectivity index (χ2v) is 2.72. The number of carbonyl (C=O) groups is 1. The number of anilines is 1. The summed E-state index contributed by atoms with van der Waals surface area (Å²) < 4.78 is 0. The van der Waals surface area contributed by atoms with Gasteiger partial charge in [-0.2, -0.15) is 6.07 Å². The van der Waals surface area contributed by atoms with E-state index in [0.717, 1.165) is 17.3 Å². The summed E-state index contributed by atoms with van der Waals surface area (Å²) in [4.78, 5) is 11.0. The average molecular weight is 279 g/mol. The van der Waals surface area contributed by atoms with E-state index < -0.39 is 5.91 Å². The zero-order valence-corrected chi connectivity index (χ0v) is 10.9. The number of amides is 1. The maximum Gasteiger partial charge on any atom is 0.269 e. The minimum atomic E-state index is -0.497. The van der Waals surface area contributed by atoms with Crippen molar-refractivity contribution >= 4 is 17.8 Å². The third-order valence-electron chi connectivity index (χ3n) is 1.65. The van der Waals surface area contributed by atoms with E-state index in [-0.39, 0.29) is 32.7 Å². The van der Waals surface area contributed by atoms with Crippen molar-refractivity contribution in [2.45, 2.75) is 0 Å². The first-order valence-electron chi connectivity index (χ1n) is 3.90. The van der Waals surface area contributed by atoms with Gasteiger partial charge >= 0.3 is 0 Å². The SMILES string of the molecule is [CH2-]c1ccc(NC(=O)/C=N/O)cc1[CH2-].[Y]. The fraction of sp³-hybridized carbons (Fsp3) is 0. The fourth-order valence-electron chi connectivity index (χ4n) is 0.931. The van der Waals surface area contributed by atoms with Crippen LogP contribution in [0.2, 0.25) is 0 Å². The van der Waals surface area contributed by atoms with Gasteiger partial charge in [-0.1, -0.05) is 5.16 Å². The summed E-state index contributed by atoms with van der Waals surface area (Å²) in [6.07, 6.45) is 0.779. The number of nitrogens with one attached hydrogen (secondary N) is 1. The Bertz CT molecular complexity index is 378. The Labute approximate surface area is 114 Å². The molecule has 2 N–H and O–H groups in total. The van der Waals surface area contributed by atoms with E-state index in [1.807, 2.05) is 0 Å². The van der Waals surface area contributed by atoms with E-state index in [4.69, 9.17) is 5.21 Å². The van der Waals surface area contributed by atoms with Gasteiger partial charge in [0.05, 0.1) is 0 Å². The van der Waals surface area contributed by atoms with Crippen molar-refractivity contribution in [1.29, 1.82) is 0 Å². The first kappa shape index (κ1) is 14.0. The van der Waals surface area contributed by atoms with Gasteiger partial charge in [0.2, 0.25) is 0 Å². The minimum absolute atomic E-state index is 0. The molecule has 0 aliphatic carbocycles. The molecule has 0 fully saturated rings. The zero-order valence-electron chi connectivity index (χ0n) is 8.10. The monoisotopic (exact) mass is 279 g/mol. The third-order valence-corrected chi connectivity index (χ3v) is 1.65. The molecule has 1 radical (unpaired) electrons. The Morgan fingerprint density at radius 3 is 2.60 bits per heavy atom. The Morgan fingerprint density at radius 1 is 1.40 bits per heavy atom. The normalized spacial score (nSPS) is 9.60. The molecule has 1 rings (SSSR count). The molecule has 0 aliphatic rings. The standard InChI is InChI=1S/C10H10N2O2.Y/c1-7-3-4-9(5-8(7)2)12-10(13)6-11-14;/h3-6,14H,1-2H2,(H,12,13);/q-2;/b11-6+;. The van der Waals surface area contributed by atoms with E-state index in [1.54, 1.807) is 18.2 Å². The first-order valence-corrected chi connectivity index (χ1v) is 3.90. The number of rotatable bonds is 2. The number of hydrogen-bond acceptors (Lipinski definition) is 3. The molecular weight excluding hydrogens is 269 g/mol. The van der Waals surface area contributed by atoms with Gasteiger partial charge in [0.1, 0.15) is 6.21 Å². The number of oxime groups is 1. The van der Waals surface area contributed by atoms with E-state index in [2.05, 4.69) is 24.3 Å². The maximum atomic E-state index is 11.0. The molecule has 0 saturated heterocycles. The van der Waals surface area contributed by atoms with Crippen LogP contribution < -0.4 is 5.32 Å². The topological polar surface area (TPSA) is 61.7 Å². The van der Waals surface area contributed by atoms with Crippen LogP contribution in [0.3, 0.4) is 0 Å². The molecule has 77 valence electrons. The molecule has 0 unspecified atom stereocenters. The molecular formula is C10H10N2O2Y-2. The Kier molecular flexibility index (Phi) is 6.05. The molecule has 0 aliphatic heterocycles. The van der Waals surface area contributed by atoms with E-state index in [1.165, 1.54) is 0 Å². The van der Waals surface area contributed by atoms with Gasteiger partial charge in [0, 0.05) is 32.7 Å². The van der Waals surface area contributed by atoms with Crippen LogP contribution in [0, 0.1) is 13.8 Å². The van der Waals surface area contributed by atoms with Gasteiger partial charge in [-0.05, 0) is 5.69 Å².